The summed E-state index contributed by atoms with van der Waals surface area (Å²) >= 11 is 1.10. The molecule has 0 aliphatic rings. The molecule has 0 saturated carbocycles. The molecule has 2 rings (SSSR count). The first-order chi connectivity index (χ1) is 11.5. The number of carbonyl (C=O) groups excluding carboxylic acids is 2. The normalized spacial score (nSPS) is 10.2. The van der Waals surface area contributed by atoms with Crippen LogP contribution in [0.5, 0.6) is 0 Å². The standard InChI is InChI=1S/C16H18N4O3S/c1-10-4-3-5-11(6-10)18-15(23)9-24-16-19-12(7-13(21)17-2)8-14(22)20-16/h3-6,8H,7,9H2,1-2H3,(H,17,21)(H,18,23)(H,19,20,22). The number of hydrogen-bond donors (Lipinski definition) is 3. The third-order valence-electron chi connectivity index (χ3n) is 3.04. The predicted octanol–water partition coefficient (Wildman–Crippen LogP) is 1.10. The lowest BCUT2D eigenvalue weighted by Gasteiger charge is -2.06. The topological polar surface area (TPSA) is 104 Å². The lowest BCUT2D eigenvalue weighted by Crippen LogP contribution is -2.22. The lowest BCUT2D eigenvalue weighted by atomic mass is 10.2. The van der Waals surface area contributed by atoms with Crippen molar-refractivity contribution in [2.24, 2.45) is 0 Å². The minimum absolute atomic E-state index is 0.0173. The van der Waals surface area contributed by atoms with E-state index in [9.17, 15) is 14.4 Å². The number of likely N-dealkylation sites (N-methyl/N-ethyl adjacent to an activating group) is 1. The van der Waals surface area contributed by atoms with E-state index in [1.54, 1.807) is 6.07 Å². The van der Waals surface area contributed by atoms with Crippen molar-refractivity contribution in [2.45, 2.75) is 18.5 Å². The molecule has 0 aliphatic heterocycles. The summed E-state index contributed by atoms with van der Waals surface area (Å²) in [6.07, 6.45) is 0.0173. The fraction of sp³-hybridized carbons (Fsp3) is 0.250. The molecule has 1 heterocycles. The number of aromatic amines is 1. The number of aromatic nitrogens is 2. The van der Waals surface area contributed by atoms with Crippen LogP contribution >= 0.6 is 11.8 Å². The van der Waals surface area contributed by atoms with Gasteiger partial charge in [-0.15, -0.1) is 0 Å². The van der Waals surface area contributed by atoms with Crippen LogP contribution in [0.3, 0.4) is 0 Å². The summed E-state index contributed by atoms with van der Waals surface area (Å²) in [4.78, 5) is 41.7. The summed E-state index contributed by atoms with van der Waals surface area (Å²) in [6.45, 7) is 1.94. The number of thioether (sulfide) groups is 1. The van der Waals surface area contributed by atoms with Crippen LogP contribution < -0.4 is 16.2 Å². The monoisotopic (exact) mass is 346 g/mol. The zero-order valence-corrected chi connectivity index (χ0v) is 14.2. The van der Waals surface area contributed by atoms with Gasteiger partial charge in [0.25, 0.3) is 5.56 Å². The van der Waals surface area contributed by atoms with Crippen LogP contribution in [0.2, 0.25) is 0 Å². The molecule has 7 nitrogen and oxygen atoms in total. The van der Waals surface area contributed by atoms with Crippen molar-refractivity contribution in [1.29, 1.82) is 0 Å². The Hall–Kier alpha value is -2.61. The number of nitrogens with one attached hydrogen (secondary N) is 3. The molecule has 0 bridgehead atoms. The van der Waals surface area contributed by atoms with Crippen molar-refractivity contribution in [1.82, 2.24) is 15.3 Å². The van der Waals surface area contributed by atoms with Crippen LogP contribution in [0.25, 0.3) is 0 Å². The molecule has 24 heavy (non-hydrogen) atoms. The molecule has 1 aromatic heterocycles. The molecule has 1 aromatic carbocycles. The van der Waals surface area contributed by atoms with Crippen LogP contribution in [0.15, 0.2) is 40.3 Å². The Morgan fingerprint density at radius 1 is 1.25 bits per heavy atom. The van der Waals surface area contributed by atoms with Crippen molar-refractivity contribution < 1.29 is 9.59 Å². The second kappa shape index (κ2) is 8.30. The van der Waals surface area contributed by atoms with Crippen molar-refractivity contribution in [3.8, 4) is 0 Å². The van der Waals surface area contributed by atoms with Crippen molar-refractivity contribution >= 4 is 29.3 Å². The molecule has 0 radical (unpaired) electrons. The van der Waals surface area contributed by atoms with E-state index in [1.807, 2.05) is 25.1 Å². The Morgan fingerprint density at radius 2 is 2.04 bits per heavy atom. The van der Waals surface area contributed by atoms with E-state index >= 15 is 0 Å². The van der Waals surface area contributed by atoms with Gasteiger partial charge in [0.1, 0.15) is 0 Å². The molecular weight excluding hydrogens is 328 g/mol. The fourth-order valence-corrected chi connectivity index (χ4v) is 2.64. The summed E-state index contributed by atoms with van der Waals surface area (Å²) in [5.74, 6) is -0.341. The number of amides is 2. The molecule has 2 amide bonds. The Kier molecular flexibility index (Phi) is 6.14. The van der Waals surface area contributed by atoms with E-state index in [0.717, 1.165) is 23.0 Å². The highest BCUT2D eigenvalue weighted by atomic mass is 32.2. The highest BCUT2D eigenvalue weighted by Crippen LogP contribution is 2.14. The zero-order valence-electron chi connectivity index (χ0n) is 13.4. The maximum atomic E-state index is 12.0. The van der Waals surface area contributed by atoms with Gasteiger partial charge in [0.2, 0.25) is 11.8 Å². The Bertz CT molecular complexity index is 804. The largest absolute Gasteiger partial charge is 0.359 e. The SMILES string of the molecule is CNC(=O)Cc1cc(=O)[nH]c(SCC(=O)Nc2cccc(C)c2)n1. The number of rotatable bonds is 6. The first-order valence-electron chi connectivity index (χ1n) is 7.26. The van der Waals surface area contributed by atoms with Gasteiger partial charge in [0, 0.05) is 18.8 Å². The van der Waals surface area contributed by atoms with E-state index < -0.39 is 0 Å². The highest BCUT2D eigenvalue weighted by molar-refractivity contribution is 7.99. The van der Waals surface area contributed by atoms with E-state index in [2.05, 4.69) is 20.6 Å². The number of benzene rings is 1. The molecule has 0 aliphatic carbocycles. The Labute approximate surface area is 143 Å². The van der Waals surface area contributed by atoms with Gasteiger partial charge in [-0.05, 0) is 24.6 Å². The molecule has 2 aromatic rings. The van der Waals surface area contributed by atoms with E-state index in [4.69, 9.17) is 0 Å². The zero-order chi connectivity index (χ0) is 17.5. The van der Waals surface area contributed by atoms with E-state index in [1.165, 1.54) is 13.1 Å². The Morgan fingerprint density at radius 3 is 2.75 bits per heavy atom. The predicted molar refractivity (Wildman–Crippen MR) is 93.2 cm³/mol. The molecule has 0 saturated heterocycles. The van der Waals surface area contributed by atoms with Gasteiger partial charge in [-0.25, -0.2) is 4.98 Å². The summed E-state index contributed by atoms with van der Waals surface area (Å²) in [6, 6.07) is 8.74. The molecular formula is C16H18N4O3S. The number of anilines is 1. The third kappa shape index (κ3) is 5.54. The smallest absolute Gasteiger partial charge is 0.251 e. The number of nitrogens with zero attached hydrogens (tertiary/aromatic N) is 1. The van der Waals surface area contributed by atoms with Gasteiger partial charge in [-0.3, -0.25) is 14.4 Å². The molecule has 3 N–H and O–H groups in total. The van der Waals surface area contributed by atoms with Crippen LogP contribution in [0.4, 0.5) is 5.69 Å². The number of H-pyrrole nitrogens is 1. The van der Waals surface area contributed by atoms with Crippen LogP contribution in [-0.2, 0) is 16.0 Å². The van der Waals surface area contributed by atoms with E-state index in [0.29, 0.717) is 10.9 Å². The Balaban J connectivity index is 1.97. The van der Waals surface area contributed by atoms with Gasteiger partial charge >= 0.3 is 0 Å². The number of carbonyl (C=O) groups is 2. The lowest BCUT2D eigenvalue weighted by molar-refractivity contribution is -0.120. The summed E-state index contributed by atoms with van der Waals surface area (Å²) in [7, 11) is 1.51. The fourth-order valence-electron chi connectivity index (χ4n) is 1.95. The molecule has 0 fully saturated rings. The van der Waals surface area contributed by atoms with Gasteiger partial charge < -0.3 is 15.6 Å². The quantitative estimate of drug-likeness (QED) is 0.537. The van der Waals surface area contributed by atoms with Crippen molar-refractivity contribution in [3.63, 3.8) is 0 Å². The number of hydrogen-bond acceptors (Lipinski definition) is 5. The minimum Gasteiger partial charge on any atom is -0.359 e. The minimum atomic E-state index is -0.356. The summed E-state index contributed by atoms with van der Waals surface area (Å²) in [5, 5.41) is 5.56. The molecule has 126 valence electrons. The second-order valence-electron chi connectivity index (χ2n) is 5.10. The van der Waals surface area contributed by atoms with E-state index in [-0.39, 0.29) is 29.5 Å². The molecule has 0 atom stereocenters. The van der Waals surface area contributed by atoms with Gasteiger partial charge in [0.15, 0.2) is 5.16 Å². The maximum absolute atomic E-state index is 12.0. The average Bonchev–Trinajstić information content (AvgIpc) is 2.52. The summed E-state index contributed by atoms with van der Waals surface area (Å²) < 4.78 is 0. The highest BCUT2D eigenvalue weighted by Gasteiger charge is 2.09. The number of aryl methyl sites for hydroxylation is 1. The molecule has 0 unspecified atom stereocenters. The maximum Gasteiger partial charge on any atom is 0.251 e. The average molecular weight is 346 g/mol. The first kappa shape index (κ1) is 17.7. The third-order valence-corrected chi connectivity index (χ3v) is 3.91. The molecule has 8 heteroatoms. The second-order valence-corrected chi connectivity index (χ2v) is 6.06. The van der Waals surface area contributed by atoms with Crippen molar-refractivity contribution in [2.75, 3.05) is 18.1 Å². The first-order valence-corrected chi connectivity index (χ1v) is 8.25. The van der Waals surface area contributed by atoms with Crippen LogP contribution in [-0.4, -0.2) is 34.6 Å². The van der Waals surface area contributed by atoms with Crippen LogP contribution in [0.1, 0.15) is 11.3 Å². The molecule has 0 spiro atoms. The van der Waals surface area contributed by atoms with Gasteiger partial charge in [-0.2, -0.15) is 0 Å². The van der Waals surface area contributed by atoms with Gasteiger partial charge in [-0.1, -0.05) is 23.9 Å². The summed E-state index contributed by atoms with van der Waals surface area (Å²) in [5.41, 5.74) is 1.77. The van der Waals surface area contributed by atoms with Crippen LogP contribution in [0, 0.1) is 6.92 Å². The van der Waals surface area contributed by atoms with Gasteiger partial charge in [0.05, 0.1) is 17.9 Å². The van der Waals surface area contributed by atoms with Crippen molar-refractivity contribution in [3.05, 3.63) is 51.9 Å².